The van der Waals surface area contributed by atoms with Crippen LogP contribution in [0.15, 0.2) is 35.3 Å². The van der Waals surface area contributed by atoms with E-state index in [9.17, 15) is 28.7 Å². The van der Waals surface area contributed by atoms with Gasteiger partial charge in [-0.25, -0.2) is 32.1 Å². The molecule has 17 heteroatoms. The Hall–Kier alpha value is -4.50. The first-order valence-electron chi connectivity index (χ1n) is 18.1. The molecule has 0 aliphatic carbocycles. The van der Waals surface area contributed by atoms with Crippen molar-refractivity contribution in [2.75, 3.05) is 50.5 Å². The fourth-order valence-electron chi connectivity index (χ4n) is 8.72. The number of nitrogens with zero attached hydrogens (tertiary/aromatic N) is 4. The summed E-state index contributed by atoms with van der Waals surface area (Å²) in [5.74, 6) is -5.70. The molecule has 0 radical (unpaired) electrons. The molecule has 3 saturated heterocycles. The van der Waals surface area contributed by atoms with Crippen molar-refractivity contribution in [3.05, 3.63) is 58.7 Å². The minimum absolute atomic E-state index is 0.0282. The minimum Gasteiger partial charge on any atom is -0.465 e. The van der Waals surface area contributed by atoms with E-state index in [1.807, 2.05) is 11.9 Å². The predicted octanol–water partition coefficient (Wildman–Crippen LogP) is 7.00. The number of piperidine rings is 1. The van der Waals surface area contributed by atoms with Gasteiger partial charge in [-0.15, -0.1) is 11.3 Å². The number of halogens is 4. The Balaban J connectivity index is 1.45. The van der Waals surface area contributed by atoms with Crippen molar-refractivity contribution in [3.8, 4) is 6.07 Å². The summed E-state index contributed by atoms with van der Waals surface area (Å²) in [5.41, 5.74) is -1.68. The molecule has 4 unspecified atom stereocenters. The van der Waals surface area contributed by atoms with Crippen LogP contribution in [-0.2, 0) is 15.3 Å². The molecule has 1 aromatic heterocycles. The molecule has 2 aromatic carbocycles. The molecule has 0 spiro atoms. The van der Waals surface area contributed by atoms with Crippen molar-refractivity contribution in [2.24, 2.45) is 22.2 Å². The van der Waals surface area contributed by atoms with Crippen molar-refractivity contribution < 1.29 is 41.7 Å². The Morgan fingerprint density at radius 3 is 2.67 bits per heavy atom. The largest absolute Gasteiger partial charge is 0.465 e. The number of alkyl halides is 2. The maximum absolute atomic E-state index is 16.2. The third-order valence-electron chi connectivity index (χ3n) is 11.0. The highest BCUT2D eigenvalue weighted by Gasteiger charge is 2.53. The predicted molar refractivity (Wildman–Crippen MR) is 199 cm³/mol. The molecule has 7 rings (SSSR count). The summed E-state index contributed by atoms with van der Waals surface area (Å²) < 4.78 is 73.5. The monoisotopic (exact) mass is 785 g/mol. The van der Waals surface area contributed by atoms with Gasteiger partial charge in [-0.05, 0) is 59.3 Å². The number of nitrogens with one attached hydrogen (secondary N) is 3. The Bertz CT molecular complexity index is 2100. The number of benzene rings is 2. The van der Waals surface area contributed by atoms with Gasteiger partial charge in [-0.3, -0.25) is 10.2 Å². The van der Waals surface area contributed by atoms with Gasteiger partial charge >= 0.3 is 12.2 Å². The smallest absolute Gasteiger partial charge is 0.412 e. The molecular weight excluding hydrogens is 743 g/mol. The summed E-state index contributed by atoms with van der Waals surface area (Å²) in [7, 11) is 1.83. The summed E-state index contributed by atoms with van der Waals surface area (Å²) in [5, 5.41) is 30.3. The van der Waals surface area contributed by atoms with Crippen molar-refractivity contribution in [1.29, 1.82) is 5.26 Å². The van der Waals surface area contributed by atoms with Gasteiger partial charge in [0.05, 0.1) is 29.6 Å². The molecule has 0 saturated carbocycles. The maximum Gasteiger partial charge on any atom is 0.412 e. The second-order valence-corrected chi connectivity index (χ2v) is 17.2. The van der Waals surface area contributed by atoms with Gasteiger partial charge in [0.1, 0.15) is 28.3 Å². The molecule has 4 aliphatic heterocycles. The van der Waals surface area contributed by atoms with E-state index in [1.54, 1.807) is 45.9 Å². The van der Waals surface area contributed by atoms with Crippen LogP contribution in [0.2, 0.25) is 0 Å². The number of ether oxygens (including phenoxy) is 2. The minimum atomic E-state index is -2.67. The van der Waals surface area contributed by atoms with Gasteiger partial charge in [-0.1, -0.05) is 19.1 Å². The number of likely N-dealkylation sites (tertiary alicyclic amines) is 1. The Morgan fingerprint density at radius 2 is 2.00 bits per heavy atom. The van der Waals surface area contributed by atoms with Gasteiger partial charge in [0.25, 0.3) is 5.85 Å². The second kappa shape index (κ2) is 14.2. The van der Waals surface area contributed by atoms with Crippen molar-refractivity contribution >= 4 is 50.0 Å². The van der Waals surface area contributed by atoms with E-state index in [0.717, 1.165) is 17.4 Å². The van der Waals surface area contributed by atoms with Crippen LogP contribution in [0.3, 0.4) is 0 Å². The van der Waals surface area contributed by atoms with Crippen LogP contribution in [0.4, 0.5) is 37.8 Å². The standard InChI is InChI=1S/C38H43F4N7O5S/c1-36(2,3)54-34(50)45-33-23(14-43)29-24(7-6-8-28(29)55-33)38(53-18-37(4)17-48(5)10-9-25(37)32(41)42)46-30(22-11-19(39)12-26(40)31(22)47-38)21-13-20-15-44-16-27(21)49(20)35(51)52/h6-8,11-12,20-21,25,27,32,44,47H,9-10,13,15-18H2,1-5H3,(H,45,50)(H,51,52)/t20?,21?,25-,27?,37+,38?/m1/s1. The number of rotatable bonds is 7. The average molecular weight is 786 g/mol. The fraction of sp³-hybridized carbons (Fsp3) is 0.526. The number of nitriles is 1. The SMILES string of the molecule is CN1CC[C@H](C(F)F)[C@](C)(COC2(c3cccc4sc(NC(=O)OC(C)(C)C)c(C#N)c34)N=C(C3CC4CNCC3N4C(=O)O)c3cc(F)cc(F)c3N2)C1. The third-order valence-corrected chi connectivity index (χ3v) is 12.1. The van der Waals surface area contributed by atoms with Crippen LogP contribution in [0.5, 0.6) is 0 Å². The molecule has 12 nitrogen and oxygen atoms in total. The lowest BCUT2D eigenvalue weighted by Gasteiger charge is -2.47. The van der Waals surface area contributed by atoms with E-state index in [4.69, 9.17) is 14.5 Å². The molecule has 5 heterocycles. The van der Waals surface area contributed by atoms with Crippen LogP contribution >= 0.6 is 11.3 Å². The Kier molecular flexibility index (Phi) is 10.0. The fourth-order valence-corrected chi connectivity index (χ4v) is 9.79. The van der Waals surface area contributed by atoms with Crippen molar-refractivity contribution in [3.63, 3.8) is 0 Å². The molecule has 2 amide bonds. The van der Waals surface area contributed by atoms with Gasteiger partial charge in [0, 0.05) is 70.2 Å². The molecule has 4 aliphatic rings. The van der Waals surface area contributed by atoms with Crippen molar-refractivity contribution in [2.45, 2.75) is 70.5 Å². The third kappa shape index (κ3) is 7.09. The van der Waals surface area contributed by atoms with E-state index >= 15 is 8.78 Å². The molecule has 6 atom stereocenters. The average Bonchev–Trinajstić information content (AvgIpc) is 3.56. The molecule has 3 aromatic rings. The highest BCUT2D eigenvalue weighted by Crippen LogP contribution is 2.49. The highest BCUT2D eigenvalue weighted by molar-refractivity contribution is 7.23. The molecule has 2 bridgehead atoms. The normalized spacial score (nSPS) is 28.0. The van der Waals surface area contributed by atoms with Crippen LogP contribution in [-0.4, -0.2) is 96.7 Å². The molecule has 294 valence electrons. The van der Waals surface area contributed by atoms with E-state index in [-0.39, 0.29) is 71.0 Å². The van der Waals surface area contributed by atoms with Crippen LogP contribution in [0.25, 0.3) is 10.1 Å². The quantitative estimate of drug-likeness (QED) is 0.186. The number of piperazine rings is 1. The van der Waals surface area contributed by atoms with E-state index in [2.05, 4.69) is 22.0 Å². The number of hydrogen-bond donors (Lipinski definition) is 4. The second-order valence-electron chi connectivity index (χ2n) is 16.1. The van der Waals surface area contributed by atoms with Crippen LogP contribution in [0.1, 0.15) is 57.2 Å². The number of carboxylic acid groups (broad SMARTS) is 1. The highest BCUT2D eigenvalue weighted by atomic mass is 32.1. The summed E-state index contributed by atoms with van der Waals surface area (Å²) in [6.07, 6.45) is -4.13. The zero-order valence-electron chi connectivity index (χ0n) is 31.0. The first kappa shape index (κ1) is 38.8. The summed E-state index contributed by atoms with van der Waals surface area (Å²) in [6.45, 7) is 7.80. The molecule has 3 fully saturated rings. The summed E-state index contributed by atoms with van der Waals surface area (Å²) >= 11 is 1.09. The lowest BCUT2D eigenvalue weighted by atomic mass is 9.73. The zero-order chi connectivity index (χ0) is 39.6. The van der Waals surface area contributed by atoms with Gasteiger partial charge in [-0.2, -0.15) is 5.26 Å². The van der Waals surface area contributed by atoms with Crippen LogP contribution in [0, 0.1) is 40.2 Å². The first-order valence-corrected chi connectivity index (χ1v) is 18.9. The van der Waals surface area contributed by atoms with E-state index in [0.29, 0.717) is 23.9 Å². The number of carbonyl (C=O) groups excluding carboxylic acids is 1. The Labute approximate surface area is 319 Å². The molecular formula is C38H43F4N7O5S. The number of fused-ring (bicyclic) bond motifs is 4. The Morgan fingerprint density at radius 1 is 1.24 bits per heavy atom. The van der Waals surface area contributed by atoms with Crippen LogP contribution < -0.4 is 16.0 Å². The molecule has 55 heavy (non-hydrogen) atoms. The lowest BCUT2D eigenvalue weighted by molar-refractivity contribution is -0.126. The van der Waals surface area contributed by atoms with Gasteiger partial charge in [0.15, 0.2) is 0 Å². The first-order chi connectivity index (χ1) is 25.9. The topological polar surface area (TPSA) is 152 Å². The number of carbonyl (C=O) groups is 2. The summed E-state index contributed by atoms with van der Waals surface area (Å²) in [6, 6.07) is 7.91. The maximum atomic E-state index is 16.2. The van der Waals surface area contributed by atoms with Gasteiger partial charge in [0.2, 0.25) is 6.43 Å². The summed E-state index contributed by atoms with van der Waals surface area (Å²) in [4.78, 5) is 33.9. The number of amides is 2. The zero-order valence-corrected chi connectivity index (χ0v) is 31.8. The number of anilines is 2. The van der Waals surface area contributed by atoms with E-state index < -0.39 is 71.0 Å². The van der Waals surface area contributed by atoms with Gasteiger partial charge < -0.3 is 30.1 Å². The number of aliphatic imine (C=N–C) groups is 1. The van der Waals surface area contributed by atoms with Crippen molar-refractivity contribution in [1.82, 2.24) is 15.1 Å². The van der Waals surface area contributed by atoms with E-state index in [1.165, 1.54) is 4.90 Å². The number of hydrogen-bond acceptors (Lipinski definition) is 10. The molecule has 4 N–H and O–H groups in total. The number of thiophene rings is 1. The lowest BCUT2D eigenvalue weighted by Crippen LogP contribution is -2.55.